The van der Waals surface area contributed by atoms with Crippen LogP contribution in [0.15, 0.2) is 54.6 Å². The summed E-state index contributed by atoms with van der Waals surface area (Å²) in [5.41, 5.74) is -0.458. The van der Waals surface area contributed by atoms with Crippen molar-refractivity contribution in [3.05, 3.63) is 71.5 Å². The van der Waals surface area contributed by atoms with Crippen molar-refractivity contribution in [2.75, 3.05) is 19.7 Å². The van der Waals surface area contributed by atoms with Gasteiger partial charge in [-0.25, -0.2) is 9.18 Å². The minimum Gasteiger partial charge on any atom is -0.480 e. The summed E-state index contributed by atoms with van der Waals surface area (Å²) < 4.78 is 19.4. The topological polar surface area (TPSA) is 87.2 Å². The normalized spacial score (nSPS) is 20.4. The van der Waals surface area contributed by atoms with Gasteiger partial charge < -0.3 is 14.7 Å². The summed E-state index contributed by atoms with van der Waals surface area (Å²) >= 11 is 0. The van der Waals surface area contributed by atoms with Gasteiger partial charge in [0.2, 0.25) is 0 Å². The van der Waals surface area contributed by atoms with Crippen molar-refractivity contribution in [1.29, 1.82) is 0 Å². The number of carbonyl (C=O) groups is 3. The molecular formula is C22H21FN2O5. The number of ether oxygens (including phenoxy) is 1. The van der Waals surface area contributed by atoms with Crippen molar-refractivity contribution in [2.45, 2.75) is 24.6 Å². The third-order valence-corrected chi connectivity index (χ3v) is 5.69. The number of hydrogen-bond donors (Lipinski definition) is 1. The number of nitrogens with zero attached hydrogens (tertiary/aromatic N) is 2. The lowest BCUT2D eigenvalue weighted by Crippen LogP contribution is -2.58. The van der Waals surface area contributed by atoms with Crippen LogP contribution in [0.1, 0.15) is 33.6 Å². The number of amides is 2. The Morgan fingerprint density at radius 2 is 1.63 bits per heavy atom. The number of halogens is 1. The lowest BCUT2D eigenvalue weighted by atomic mass is 9.96. The van der Waals surface area contributed by atoms with Crippen molar-refractivity contribution >= 4 is 17.8 Å². The van der Waals surface area contributed by atoms with E-state index in [9.17, 15) is 23.9 Å². The number of aliphatic carboxylic acids is 1. The van der Waals surface area contributed by atoms with Gasteiger partial charge in [-0.15, -0.1) is 0 Å². The molecule has 30 heavy (non-hydrogen) atoms. The van der Waals surface area contributed by atoms with Crippen molar-refractivity contribution < 1.29 is 28.6 Å². The number of benzene rings is 2. The summed E-state index contributed by atoms with van der Waals surface area (Å²) in [7, 11) is 0. The SMILES string of the molecule is O=C(O)[C@H]1COC2(CCN(C(=O)c3cccc(F)c3)CC2)N1C(=O)c1ccccc1. The average molecular weight is 412 g/mol. The molecule has 0 unspecified atom stereocenters. The van der Waals surface area contributed by atoms with Gasteiger partial charge in [-0.05, 0) is 30.3 Å². The molecule has 2 aromatic rings. The third-order valence-electron chi connectivity index (χ3n) is 5.69. The molecule has 2 aliphatic rings. The predicted octanol–water partition coefficient (Wildman–Crippen LogP) is 2.38. The van der Waals surface area contributed by atoms with Gasteiger partial charge in [0, 0.05) is 37.1 Å². The zero-order valence-corrected chi connectivity index (χ0v) is 16.2. The Labute approximate surface area is 172 Å². The second kappa shape index (κ2) is 7.87. The van der Waals surface area contributed by atoms with E-state index in [0.29, 0.717) is 5.56 Å². The first-order valence-electron chi connectivity index (χ1n) is 9.72. The molecule has 0 aromatic heterocycles. The lowest BCUT2D eigenvalue weighted by Gasteiger charge is -2.44. The molecule has 0 bridgehead atoms. The summed E-state index contributed by atoms with van der Waals surface area (Å²) in [6.07, 6.45) is 0.548. The van der Waals surface area contributed by atoms with Crippen LogP contribution < -0.4 is 0 Å². The number of carboxylic acid groups (broad SMARTS) is 1. The van der Waals surface area contributed by atoms with Crippen LogP contribution in [0.4, 0.5) is 4.39 Å². The second-order valence-corrected chi connectivity index (χ2v) is 7.45. The number of rotatable bonds is 3. The van der Waals surface area contributed by atoms with Gasteiger partial charge in [-0.3, -0.25) is 14.5 Å². The van der Waals surface area contributed by atoms with Gasteiger partial charge >= 0.3 is 5.97 Å². The molecule has 2 saturated heterocycles. The van der Waals surface area contributed by atoms with E-state index in [4.69, 9.17) is 4.74 Å². The van der Waals surface area contributed by atoms with E-state index in [2.05, 4.69) is 0 Å². The fourth-order valence-electron chi connectivity index (χ4n) is 4.14. The van der Waals surface area contributed by atoms with Crippen LogP contribution in [0, 0.1) is 5.82 Å². The molecule has 2 heterocycles. The Morgan fingerprint density at radius 1 is 0.967 bits per heavy atom. The molecule has 1 atom stereocenters. The molecule has 2 fully saturated rings. The maximum atomic E-state index is 13.5. The van der Waals surface area contributed by atoms with Crippen molar-refractivity contribution in [3.8, 4) is 0 Å². The molecule has 7 nitrogen and oxygen atoms in total. The smallest absolute Gasteiger partial charge is 0.328 e. The van der Waals surface area contributed by atoms with Crippen LogP contribution in [0.25, 0.3) is 0 Å². The van der Waals surface area contributed by atoms with Crippen LogP contribution >= 0.6 is 0 Å². The number of hydrogen-bond acceptors (Lipinski definition) is 4. The Hall–Kier alpha value is -3.26. The standard InChI is InChI=1S/C22H21FN2O5/c23-17-8-4-7-16(13-17)19(26)24-11-9-22(10-12-24)25(18(14-30-22)21(28)29)20(27)15-5-2-1-3-6-15/h1-8,13,18H,9-12,14H2,(H,28,29)/t18-/m1/s1. The van der Waals surface area contributed by atoms with E-state index < -0.39 is 29.5 Å². The molecule has 156 valence electrons. The fraction of sp³-hybridized carbons (Fsp3) is 0.318. The zero-order valence-electron chi connectivity index (χ0n) is 16.2. The number of likely N-dealkylation sites (tertiary alicyclic amines) is 1. The first-order chi connectivity index (χ1) is 14.4. The first kappa shape index (κ1) is 20.0. The summed E-state index contributed by atoms with van der Waals surface area (Å²) in [5.74, 6) is -2.34. The zero-order chi connectivity index (χ0) is 21.3. The van der Waals surface area contributed by atoms with Gasteiger partial charge in [0.15, 0.2) is 6.04 Å². The molecule has 0 aliphatic carbocycles. The molecule has 2 aromatic carbocycles. The predicted molar refractivity (Wildman–Crippen MR) is 104 cm³/mol. The van der Waals surface area contributed by atoms with Crippen LogP contribution in [0.2, 0.25) is 0 Å². The fourth-order valence-corrected chi connectivity index (χ4v) is 4.14. The van der Waals surface area contributed by atoms with Crippen molar-refractivity contribution in [3.63, 3.8) is 0 Å². The molecule has 1 N–H and O–H groups in total. The van der Waals surface area contributed by atoms with E-state index in [0.717, 1.165) is 0 Å². The highest BCUT2D eigenvalue weighted by atomic mass is 19.1. The molecule has 1 spiro atoms. The van der Waals surface area contributed by atoms with Crippen LogP contribution in [-0.2, 0) is 9.53 Å². The molecule has 4 rings (SSSR count). The molecule has 8 heteroatoms. The average Bonchev–Trinajstić information content (AvgIpc) is 3.13. The minimum absolute atomic E-state index is 0.105. The van der Waals surface area contributed by atoms with Crippen molar-refractivity contribution in [2.24, 2.45) is 0 Å². The summed E-state index contributed by atoms with van der Waals surface area (Å²) in [6.45, 7) is 0.423. The van der Waals surface area contributed by atoms with E-state index >= 15 is 0 Å². The van der Waals surface area contributed by atoms with Gasteiger partial charge in [0.25, 0.3) is 11.8 Å². The number of carbonyl (C=O) groups excluding carboxylic acids is 2. The van der Waals surface area contributed by atoms with Gasteiger partial charge in [0.1, 0.15) is 11.5 Å². The highest BCUT2D eigenvalue weighted by Gasteiger charge is 2.54. The maximum Gasteiger partial charge on any atom is 0.328 e. The van der Waals surface area contributed by atoms with Gasteiger partial charge in [-0.1, -0.05) is 24.3 Å². The molecular weight excluding hydrogens is 391 g/mol. The number of carboxylic acids is 1. The highest BCUT2D eigenvalue weighted by molar-refractivity contribution is 5.97. The number of piperidine rings is 1. The second-order valence-electron chi connectivity index (χ2n) is 7.45. The van der Waals surface area contributed by atoms with Crippen LogP contribution in [-0.4, -0.2) is 64.2 Å². The Kier molecular flexibility index (Phi) is 5.26. The largest absolute Gasteiger partial charge is 0.480 e. The molecule has 2 aliphatic heterocycles. The van der Waals surface area contributed by atoms with E-state index in [1.54, 1.807) is 41.3 Å². The molecule has 2 amide bonds. The van der Waals surface area contributed by atoms with Gasteiger partial charge in [0.05, 0.1) is 6.61 Å². The summed E-state index contributed by atoms with van der Waals surface area (Å²) in [6, 6.07) is 12.9. The molecule has 0 saturated carbocycles. The minimum atomic E-state index is -1.13. The monoisotopic (exact) mass is 412 g/mol. The van der Waals surface area contributed by atoms with E-state index in [1.165, 1.54) is 23.1 Å². The quantitative estimate of drug-likeness (QED) is 0.837. The first-order valence-corrected chi connectivity index (χ1v) is 9.72. The summed E-state index contributed by atoms with van der Waals surface area (Å²) in [4.78, 5) is 40.6. The highest BCUT2D eigenvalue weighted by Crippen LogP contribution is 2.38. The van der Waals surface area contributed by atoms with Crippen LogP contribution in [0.5, 0.6) is 0 Å². The van der Waals surface area contributed by atoms with Gasteiger partial charge in [-0.2, -0.15) is 0 Å². The summed E-state index contributed by atoms with van der Waals surface area (Å²) in [5, 5.41) is 9.63. The van der Waals surface area contributed by atoms with Crippen molar-refractivity contribution in [1.82, 2.24) is 9.80 Å². The van der Waals surface area contributed by atoms with E-state index in [1.807, 2.05) is 0 Å². The molecule has 0 radical (unpaired) electrons. The Balaban J connectivity index is 1.55. The lowest BCUT2D eigenvalue weighted by molar-refractivity contribution is -0.143. The Bertz CT molecular complexity index is 973. The maximum absolute atomic E-state index is 13.5. The van der Waals surface area contributed by atoms with Crippen LogP contribution in [0.3, 0.4) is 0 Å². The third kappa shape index (κ3) is 3.54. The van der Waals surface area contributed by atoms with E-state index in [-0.39, 0.29) is 44.0 Å². The Morgan fingerprint density at radius 3 is 2.27 bits per heavy atom.